The normalized spacial score (nSPS) is 16.9. The monoisotopic (exact) mass is 379 g/mol. The predicted molar refractivity (Wildman–Crippen MR) is 107 cm³/mol. The van der Waals surface area contributed by atoms with Crippen molar-refractivity contribution in [2.75, 3.05) is 20.2 Å². The van der Waals surface area contributed by atoms with Gasteiger partial charge in [-0.2, -0.15) is 0 Å². The molecule has 1 saturated heterocycles. The van der Waals surface area contributed by atoms with E-state index in [1.54, 1.807) is 13.3 Å². The molecule has 28 heavy (non-hydrogen) atoms. The first-order valence-electron chi connectivity index (χ1n) is 9.64. The van der Waals surface area contributed by atoms with Crippen molar-refractivity contribution in [1.29, 1.82) is 0 Å². The van der Waals surface area contributed by atoms with E-state index in [9.17, 15) is 4.79 Å². The van der Waals surface area contributed by atoms with E-state index in [-0.39, 0.29) is 6.03 Å². The third kappa shape index (κ3) is 4.08. The number of amides is 2. The summed E-state index contributed by atoms with van der Waals surface area (Å²) in [6.07, 6.45) is 5.75. The fourth-order valence-corrected chi connectivity index (χ4v) is 3.78. The Morgan fingerprint density at radius 1 is 1.29 bits per heavy atom. The van der Waals surface area contributed by atoms with Gasteiger partial charge in [-0.05, 0) is 48.6 Å². The van der Waals surface area contributed by atoms with Crippen LogP contribution in [-0.4, -0.2) is 45.7 Å². The van der Waals surface area contributed by atoms with E-state index >= 15 is 0 Å². The van der Waals surface area contributed by atoms with E-state index in [1.807, 2.05) is 47.6 Å². The fraction of sp³-hybridized carbons (Fsp3) is 0.381. The van der Waals surface area contributed by atoms with Crippen LogP contribution >= 0.6 is 0 Å². The third-order valence-corrected chi connectivity index (χ3v) is 5.21. The summed E-state index contributed by atoms with van der Waals surface area (Å²) in [5.41, 5.74) is 2.84. The number of piperidine rings is 1. The molecule has 1 atom stereocenters. The molecule has 3 heterocycles. The quantitative estimate of drug-likeness (QED) is 0.740. The number of nitrogens with one attached hydrogen (secondary N) is 1. The van der Waals surface area contributed by atoms with E-state index in [1.165, 1.54) is 0 Å². The summed E-state index contributed by atoms with van der Waals surface area (Å²) in [6, 6.07) is 11.6. The van der Waals surface area contributed by atoms with E-state index in [2.05, 4.69) is 19.9 Å². The van der Waals surface area contributed by atoms with Crippen molar-refractivity contribution in [3.63, 3.8) is 0 Å². The van der Waals surface area contributed by atoms with Crippen molar-refractivity contribution in [3.05, 3.63) is 54.5 Å². The lowest BCUT2D eigenvalue weighted by atomic mass is 9.98. The van der Waals surface area contributed by atoms with Gasteiger partial charge in [0.1, 0.15) is 11.3 Å². The zero-order valence-corrected chi connectivity index (χ0v) is 16.0. The lowest BCUT2D eigenvalue weighted by molar-refractivity contribution is 0.159. The molecule has 1 aliphatic rings. The average Bonchev–Trinajstić information content (AvgIpc) is 3.15. The van der Waals surface area contributed by atoms with Crippen LogP contribution in [0.1, 0.15) is 18.4 Å². The molecule has 3 aromatic rings. The second-order valence-corrected chi connectivity index (χ2v) is 7.21. The summed E-state index contributed by atoms with van der Waals surface area (Å²) in [4.78, 5) is 23.4. The first-order chi connectivity index (χ1) is 13.7. The van der Waals surface area contributed by atoms with Gasteiger partial charge in [0.05, 0.1) is 13.4 Å². The van der Waals surface area contributed by atoms with Crippen molar-refractivity contribution in [2.45, 2.75) is 25.9 Å². The van der Waals surface area contributed by atoms with Gasteiger partial charge >= 0.3 is 6.03 Å². The zero-order valence-electron chi connectivity index (χ0n) is 16.0. The van der Waals surface area contributed by atoms with Crippen molar-refractivity contribution >= 4 is 17.2 Å². The van der Waals surface area contributed by atoms with Crippen LogP contribution in [0.4, 0.5) is 4.79 Å². The fourth-order valence-electron chi connectivity index (χ4n) is 3.78. The molecule has 2 aromatic heterocycles. The van der Waals surface area contributed by atoms with Crippen LogP contribution in [0, 0.1) is 5.92 Å². The molecule has 4 rings (SSSR count). The number of aromatic nitrogens is 3. The molecule has 0 spiro atoms. The molecular formula is C21H25N5O2. The molecule has 1 N–H and O–H groups in total. The van der Waals surface area contributed by atoms with E-state index in [0.717, 1.165) is 55.0 Å². The number of methoxy groups -OCH3 is 1. The number of fused-ring (bicyclic) bond motifs is 1. The highest BCUT2D eigenvalue weighted by molar-refractivity contribution is 5.74. The number of imidazole rings is 1. The van der Waals surface area contributed by atoms with Gasteiger partial charge in [0.2, 0.25) is 0 Å². The molecule has 0 aliphatic carbocycles. The summed E-state index contributed by atoms with van der Waals surface area (Å²) in [6.45, 7) is 2.86. The van der Waals surface area contributed by atoms with Gasteiger partial charge in [-0.1, -0.05) is 12.1 Å². The molecule has 7 nitrogen and oxygen atoms in total. The molecule has 0 bridgehead atoms. The smallest absolute Gasteiger partial charge is 0.317 e. The first-order valence-corrected chi connectivity index (χ1v) is 9.64. The average molecular weight is 379 g/mol. The Bertz CT molecular complexity index is 955. The number of benzene rings is 1. The standard InChI is InChI=1S/C21H25N5O2/c1-28-18-7-2-5-16(11-18)12-23-21(27)25-10-4-6-17(13-25)14-26-15-24-19-8-3-9-22-20(19)26/h2-3,5,7-9,11,15,17H,4,6,10,12-14H2,1H3,(H,23,27). The van der Waals surface area contributed by atoms with Gasteiger partial charge in [-0.15, -0.1) is 0 Å². The number of pyridine rings is 1. The lowest BCUT2D eigenvalue weighted by Gasteiger charge is -2.33. The largest absolute Gasteiger partial charge is 0.497 e. The number of nitrogens with zero attached hydrogens (tertiary/aromatic N) is 4. The Hall–Kier alpha value is -3.09. The SMILES string of the molecule is COc1cccc(CNC(=O)N2CCCC(Cn3cnc4cccnc43)C2)c1. The first kappa shape index (κ1) is 18.3. The van der Waals surface area contributed by atoms with Crippen LogP contribution in [0.2, 0.25) is 0 Å². The molecule has 0 radical (unpaired) electrons. The van der Waals surface area contributed by atoms with E-state index in [0.29, 0.717) is 12.5 Å². The van der Waals surface area contributed by atoms with Crippen molar-refractivity contribution in [3.8, 4) is 5.75 Å². The number of hydrogen-bond acceptors (Lipinski definition) is 4. The minimum Gasteiger partial charge on any atom is -0.497 e. The Kier molecular flexibility index (Phi) is 5.41. The van der Waals surface area contributed by atoms with Crippen LogP contribution < -0.4 is 10.1 Å². The molecule has 0 saturated carbocycles. The van der Waals surface area contributed by atoms with E-state index in [4.69, 9.17) is 4.74 Å². The lowest BCUT2D eigenvalue weighted by Crippen LogP contribution is -2.46. The summed E-state index contributed by atoms with van der Waals surface area (Å²) in [5.74, 6) is 1.20. The summed E-state index contributed by atoms with van der Waals surface area (Å²) < 4.78 is 7.33. The van der Waals surface area contributed by atoms with Crippen LogP contribution in [0.5, 0.6) is 5.75 Å². The van der Waals surface area contributed by atoms with Crippen molar-refractivity contribution in [2.24, 2.45) is 5.92 Å². The number of rotatable bonds is 5. The maximum absolute atomic E-state index is 12.6. The Labute approximate surface area is 164 Å². The maximum Gasteiger partial charge on any atom is 0.317 e. The second-order valence-electron chi connectivity index (χ2n) is 7.21. The van der Waals surface area contributed by atoms with Gasteiger partial charge in [-0.25, -0.2) is 14.8 Å². The Morgan fingerprint density at radius 2 is 2.21 bits per heavy atom. The summed E-state index contributed by atoms with van der Waals surface area (Å²) in [5, 5.41) is 3.03. The summed E-state index contributed by atoms with van der Waals surface area (Å²) >= 11 is 0. The van der Waals surface area contributed by atoms with Gasteiger partial charge < -0.3 is 19.5 Å². The van der Waals surface area contributed by atoms with Gasteiger partial charge in [-0.3, -0.25) is 0 Å². The predicted octanol–water partition coefficient (Wildman–Crippen LogP) is 3.06. The number of carbonyl (C=O) groups excluding carboxylic acids is 1. The molecule has 1 fully saturated rings. The molecule has 146 valence electrons. The highest BCUT2D eigenvalue weighted by Gasteiger charge is 2.24. The van der Waals surface area contributed by atoms with Crippen LogP contribution in [0.25, 0.3) is 11.2 Å². The molecule has 1 unspecified atom stereocenters. The van der Waals surface area contributed by atoms with Crippen LogP contribution in [0.15, 0.2) is 48.9 Å². The maximum atomic E-state index is 12.6. The number of hydrogen-bond donors (Lipinski definition) is 1. The highest BCUT2D eigenvalue weighted by atomic mass is 16.5. The second kappa shape index (κ2) is 8.29. The molecule has 1 aliphatic heterocycles. The third-order valence-electron chi connectivity index (χ3n) is 5.21. The molecule has 2 amide bonds. The van der Waals surface area contributed by atoms with Gasteiger partial charge in [0, 0.05) is 32.4 Å². The van der Waals surface area contributed by atoms with Crippen LogP contribution in [-0.2, 0) is 13.1 Å². The zero-order chi connectivity index (χ0) is 19.3. The minimum atomic E-state index is -0.0128. The Balaban J connectivity index is 1.34. The minimum absolute atomic E-state index is 0.0128. The topological polar surface area (TPSA) is 72.3 Å². The number of urea groups is 1. The van der Waals surface area contributed by atoms with Crippen molar-refractivity contribution in [1.82, 2.24) is 24.8 Å². The van der Waals surface area contributed by atoms with Crippen LogP contribution in [0.3, 0.4) is 0 Å². The molecule has 7 heteroatoms. The molecule has 1 aromatic carbocycles. The number of likely N-dealkylation sites (tertiary alicyclic amines) is 1. The molecular weight excluding hydrogens is 354 g/mol. The van der Waals surface area contributed by atoms with Crippen molar-refractivity contribution < 1.29 is 9.53 Å². The van der Waals surface area contributed by atoms with Gasteiger partial charge in [0.25, 0.3) is 0 Å². The number of carbonyl (C=O) groups is 1. The summed E-state index contributed by atoms with van der Waals surface area (Å²) in [7, 11) is 1.64. The highest BCUT2D eigenvalue weighted by Crippen LogP contribution is 2.20. The number of ether oxygens (including phenoxy) is 1. The Morgan fingerprint density at radius 3 is 3.11 bits per heavy atom. The van der Waals surface area contributed by atoms with Gasteiger partial charge in [0.15, 0.2) is 5.65 Å². The van der Waals surface area contributed by atoms with E-state index < -0.39 is 0 Å².